The molecular weight excluding hydrogens is 182 g/mol. The van der Waals surface area contributed by atoms with Crippen LogP contribution < -0.4 is 5.73 Å². The Balaban J connectivity index is 2.62. The summed E-state index contributed by atoms with van der Waals surface area (Å²) in [6.07, 6.45) is 1.87. The fourth-order valence-corrected chi connectivity index (χ4v) is 1.79. The van der Waals surface area contributed by atoms with E-state index in [4.69, 9.17) is 5.73 Å². The Labute approximate surface area is 83.7 Å². The number of hydrogen-bond acceptors (Lipinski definition) is 3. The molecule has 0 amide bonds. The van der Waals surface area contributed by atoms with Crippen LogP contribution in [-0.4, -0.2) is 15.0 Å². The van der Waals surface area contributed by atoms with Gasteiger partial charge in [0, 0.05) is 17.9 Å². The molecule has 0 bridgehead atoms. The number of hydrogen-bond donors (Lipinski definition) is 1. The minimum atomic E-state index is 0.643. The van der Waals surface area contributed by atoms with Crippen molar-refractivity contribution in [3.05, 3.63) is 11.8 Å². The Hall–Kier alpha value is -0.640. The predicted octanol–water partition coefficient (Wildman–Crippen LogP) is 2.13. The summed E-state index contributed by atoms with van der Waals surface area (Å²) in [4.78, 5) is 0. The van der Waals surface area contributed by atoms with E-state index < -0.39 is 0 Å². The van der Waals surface area contributed by atoms with E-state index in [2.05, 4.69) is 18.9 Å². The lowest BCUT2D eigenvalue weighted by atomic mass is 10.4. The highest BCUT2D eigenvalue weighted by molar-refractivity contribution is 7.99. The largest absolute Gasteiger partial charge is 0.384 e. The zero-order valence-corrected chi connectivity index (χ0v) is 9.27. The van der Waals surface area contributed by atoms with Crippen LogP contribution in [0.5, 0.6) is 0 Å². The highest BCUT2D eigenvalue weighted by Gasteiger charge is 2.06. The van der Waals surface area contributed by atoms with E-state index in [1.165, 1.54) is 0 Å². The third-order valence-electron chi connectivity index (χ3n) is 1.83. The maximum absolute atomic E-state index is 5.89. The van der Waals surface area contributed by atoms with E-state index in [-0.39, 0.29) is 0 Å². The van der Waals surface area contributed by atoms with Crippen molar-refractivity contribution in [2.75, 3.05) is 5.73 Å². The number of anilines is 1. The Morgan fingerprint density at radius 1 is 1.62 bits per heavy atom. The van der Waals surface area contributed by atoms with Crippen molar-refractivity contribution in [1.82, 2.24) is 9.78 Å². The maximum atomic E-state index is 5.89. The molecule has 1 aromatic rings. The third kappa shape index (κ3) is 2.66. The van der Waals surface area contributed by atoms with Crippen molar-refractivity contribution in [2.45, 2.75) is 38.3 Å². The van der Waals surface area contributed by atoms with Gasteiger partial charge < -0.3 is 5.73 Å². The number of nitrogens with two attached hydrogens (primary N) is 1. The van der Waals surface area contributed by atoms with E-state index in [1.807, 2.05) is 29.6 Å². The summed E-state index contributed by atoms with van der Waals surface area (Å²) < 4.78 is 1.83. The first-order valence-corrected chi connectivity index (χ1v) is 5.61. The summed E-state index contributed by atoms with van der Waals surface area (Å²) >= 11 is 1.89. The number of nitrogen functional groups attached to an aromatic ring is 1. The van der Waals surface area contributed by atoms with Crippen molar-refractivity contribution < 1.29 is 0 Å². The van der Waals surface area contributed by atoms with Crippen LogP contribution in [0.4, 0.5) is 5.82 Å². The van der Waals surface area contributed by atoms with Crippen molar-refractivity contribution in [3.8, 4) is 0 Å². The molecule has 0 aliphatic rings. The quantitative estimate of drug-likeness (QED) is 0.808. The molecule has 13 heavy (non-hydrogen) atoms. The van der Waals surface area contributed by atoms with Gasteiger partial charge in [0.2, 0.25) is 0 Å². The Morgan fingerprint density at radius 3 is 2.77 bits per heavy atom. The van der Waals surface area contributed by atoms with Gasteiger partial charge in [-0.1, -0.05) is 13.8 Å². The van der Waals surface area contributed by atoms with Gasteiger partial charge in [-0.3, -0.25) is 4.68 Å². The maximum Gasteiger partial charge on any atom is 0.125 e. The fourth-order valence-electron chi connectivity index (χ4n) is 1.05. The topological polar surface area (TPSA) is 43.8 Å². The standard InChI is InChI=1S/C9H17N3S/c1-4-12-9(10)8(5-11-12)6-13-7(2)3/h5,7H,4,6,10H2,1-3H3. The molecule has 0 saturated carbocycles. The van der Waals surface area contributed by atoms with Crippen molar-refractivity contribution in [1.29, 1.82) is 0 Å². The van der Waals surface area contributed by atoms with Gasteiger partial charge >= 0.3 is 0 Å². The molecule has 74 valence electrons. The van der Waals surface area contributed by atoms with Gasteiger partial charge in [-0.05, 0) is 12.2 Å². The van der Waals surface area contributed by atoms with Crippen molar-refractivity contribution in [2.24, 2.45) is 0 Å². The lowest BCUT2D eigenvalue weighted by Crippen LogP contribution is -2.03. The monoisotopic (exact) mass is 199 g/mol. The van der Waals surface area contributed by atoms with Crippen LogP contribution in [0.15, 0.2) is 6.20 Å². The molecule has 3 nitrogen and oxygen atoms in total. The molecule has 0 saturated heterocycles. The normalized spacial score (nSPS) is 11.1. The van der Waals surface area contributed by atoms with E-state index in [9.17, 15) is 0 Å². The molecule has 0 spiro atoms. The van der Waals surface area contributed by atoms with E-state index in [1.54, 1.807) is 0 Å². The smallest absolute Gasteiger partial charge is 0.125 e. The molecule has 0 unspecified atom stereocenters. The number of aryl methyl sites for hydroxylation is 1. The van der Waals surface area contributed by atoms with Gasteiger partial charge in [0.1, 0.15) is 5.82 Å². The van der Waals surface area contributed by atoms with Gasteiger partial charge in [0.05, 0.1) is 6.20 Å². The molecule has 1 heterocycles. The van der Waals surface area contributed by atoms with E-state index >= 15 is 0 Å². The highest BCUT2D eigenvalue weighted by Crippen LogP contribution is 2.21. The van der Waals surface area contributed by atoms with Crippen LogP contribution in [0.3, 0.4) is 0 Å². The zero-order chi connectivity index (χ0) is 9.84. The zero-order valence-electron chi connectivity index (χ0n) is 8.45. The first-order chi connectivity index (χ1) is 6.15. The summed E-state index contributed by atoms with van der Waals surface area (Å²) in [6, 6.07) is 0. The third-order valence-corrected chi connectivity index (χ3v) is 2.98. The summed E-state index contributed by atoms with van der Waals surface area (Å²) in [6.45, 7) is 7.26. The lowest BCUT2D eigenvalue weighted by molar-refractivity contribution is 0.669. The second kappa shape index (κ2) is 4.56. The summed E-state index contributed by atoms with van der Waals surface area (Å²) in [5.41, 5.74) is 7.04. The van der Waals surface area contributed by atoms with Crippen molar-refractivity contribution >= 4 is 17.6 Å². The van der Waals surface area contributed by atoms with Crippen molar-refractivity contribution in [3.63, 3.8) is 0 Å². The number of nitrogens with zero attached hydrogens (tertiary/aromatic N) is 2. The van der Waals surface area contributed by atoms with Crippen LogP contribution in [-0.2, 0) is 12.3 Å². The van der Waals surface area contributed by atoms with Crippen LogP contribution in [0.2, 0.25) is 0 Å². The molecule has 0 fully saturated rings. The van der Waals surface area contributed by atoms with E-state index in [0.29, 0.717) is 5.25 Å². The Kier molecular flexibility index (Phi) is 3.66. The number of rotatable bonds is 4. The number of aromatic nitrogens is 2. The average Bonchev–Trinajstić information content (AvgIpc) is 2.43. The molecule has 0 radical (unpaired) electrons. The second-order valence-electron chi connectivity index (χ2n) is 3.23. The minimum Gasteiger partial charge on any atom is -0.384 e. The van der Waals surface area contributed by atoms with Gasteiger partial charge in [0.15, 0.2) is 0 Å². The average molecular weight is 199 g/mol. The fraction of sp³-hybridized carbons (Fsp3) is 0.667. The summed E-state index contributed by atoms with van der Waals surface area (Å²) in [5, 5.41) is 4.83. The molecule has 1 rings (SSSR count). The molecule has 4 heteroatoms. The first kappa shape index (κ1) is 10.4. The Bertz CT molecular complexity index is 268. The molecule has 0 atom stereocenters. The second-order valence-corrected chi connectivity index (χ2v) is 4.80. The van der Waals surface area contributed by atoms with Crippen LogP contribution in [0.25, 0.3) is 0 Å². The molecule has 0 aromatic carbocycles. The molecule has 0 aliphatic heterocycles. The summed E-state index contributed by atoms with van der Waals surface area (Å²) in [7, 11) is 0. The predicted molar refractivity (Wildman–Crippen MR) is 58.7 cm³/mol. The van der Waals surface area contributed by atoms with Gasteiger partial charge in [-0.15, -0.1) is 0 Å². The first-order valence-electron chi connectivity index (χ1n) is 4.57. The SMILES string of the molecule is CCn1ncc(CSC(C)C)c1N. The van der Waals surface area contributed by atoms with Gasteiger partial charge in [-0.2, -0.15) is 16.9 Å². The Morgan fingerprint density at radius 2 is 2.31 bits per heavy atom. The van der Waals surface area contributed by atoms with Gasteiger partial charge in [0.25, 0.3) is 0 Å². The summed E-state index contributed by atoms with van der Waals surface area (Å²) in [5.74, 6) is 1.78. The molecule has 1 aromatic heterocycles. The molecule has 0 aliphatic carbocycles. The molecule has 2 N–H and O–H groups in total. The number of thioether (sulfide) groups is 1. The van der Waals surface area contributed by atoms with E-state index in [0.717, 1.165) is 23.7 Å². The lowest BCUT2D eigenvalue weighted by Gasteiger charge is -2.04. The van der Waals surface area contributed by atoms with Crippen LogP contribution in [0.1, 0.15) is 26.3 Å². The highest BCUT2D eigenvalue weighted by atomic mass is 32.2. The van der Waals surface area contributed by atoms with Crippen LogP contribution >= 0.6 is 11.8 Å². The van der Waals surface area contributed by atoms with Crippen LogP contribution in [0, 0.1) is 0 Å². The molecular formula is C9H17N3S. The van der Waals surface area contributed by atoms with Gasteiger partial charge in [-0.25, -0.2) is 0 Å². The minimum absolute atomic E-state index is 0.643.